The van der Waals surface area contributed by atoms with Crippen molar-refractivity contribution >= 4 is 0 Å². The molecule has 1 aromatic carbocycles. The second-order valence-electron chi connectivity index (χ2n) is 6.17. The molecule has 0 aromatic heterocycles. The van der Waals surface area contributed by atoms with E-state index in [-0.39, 0.29) is 6.04 Å². The largest absolute Gasteiger partial charge is 0.496 e. The molecule has 0 spiro atoms. The monoisotopic (exact) mass is 289 g/mol. The molecule has 0 saturated carbocycles. The highest BCUT2D eigenvalue weighted by Crippen LogP contribution is 2.31. The van der Waals surface area contributed by atoms with Crippen LogP contribution in [0.4, 0.5) is 0 Å². The summed E-state index contributed by atoms with van der Waals surface area (Å²) in [4.78, 5) is 5.24. The van der Waals surface area contributed by atoms with Gasteiger partial charge in [-0.05, 0) is 38.4 Å². The lowest BCUT2D eigenvalue weighted by molar-refractivity contribution is 0.174. The molecule has 3 rings (SSSR count). The van der Waals surface area contributed by atoms with Crippen LogP contribution >= 0.6 is 0 Å². The van der Waals surface area contributed by atoms with E-state index in [0.717, 1.165) is 24.9 Å². The van der Waals surface area contributed by atoms with E-state index in [1.165, 1.54) is 37.9 Å². The predicted octanol–water partition coefficient (Wildman–Crippen LogP) is 1.87. The van der Waals surface area contributed by atoms with Gasteiger partial charge in [-0.15, -0.1) is 0 Å². The van der Waals surface area contributed by atoms with Crippen LogP contribution in [0.5, 0.6) is 5.75 Å². The summed E-state index contributed by atoms with van der Waals surface area (Å²) in [5, 5.41) is 0. The van der Waals surface area contributed by atoms with Crippen molar-refractivity contribution in [2.24, 2.45) is 5.73 Å². The van der Waals surface area contributed by atoms with E-state index >= 15 is 0 Å². The zero-order chi connectivity index (χ0) is 14.7. The zero-order valence-corrected chi connectivity index (χ0v) is 13.0. The van der Waals surface area contributed by atoms with Gasteiger partial charge in [0.2, 0.25) is 0 Å². The number of hydrogen-bond donors (Lipinski definition) is 1. The Labute approximate surface area is 127 Å². The second-order valence-corrected chi connectivity index (χ2v) is 6.17. The van der Waals surface area contributed by atoms with Crippen LogP contribution < -0.4 is 10.5 Å². The lowest BCUT2D eigenvalue weighted by Crippen LogP contribution is -2.40. The summed E-state index contributed by atoms with van der Waals surface area (Å²) in [5.41, 5.74) is 7.37. The van der Waals surface area contributed by atoms with Crippen molar-refractivity contribution in [2.45, 2.75) is 31.3 Å². The molecule has 2 atom stereocenters. The molecule has 2 fully saturated rings. The van der Waals surface area contributed by atoms with Crippen molar-refractivity contribution in [3.8, 4) is 5.75 Å². The van der Waals surface area contributed by atoms with Crippen molar-refractivity contribution < 1.29 is 4.74 Å². The Balaban J connectivity index is 1.81. The van der Waals surface area contributed by atoms with E-state index in [4.69, 9.17) is 10.5 Å². The van der Waals surface area contributed by atoms with E-state index in [9.17, 15) is 0 Å². The van der Waals surface area contributed by atoms with Crippen molar-refractivity contribution in [3.05, 3.63) is 29.8 Å². The molecule has 2 aliphatic rings. The molecular formula is C17H27N3O. The number of hydrogen-bond acceptors (Lipinski definition) is 4. The van der Waals surface area contributed by atoms with Crippen molar-refractivity contribution in [1.29, 1.82) is 0 Å². The SMILES string of the molecule is COc1ccccc1C(CN)N1CCCN2CCCC2C1. The molecule has 21 heavy (non-hydrogen) atoms. The molecule has 0 amide bonds. The number of nitrogens with zero attached hydrogens (tertiary/aromatic N) is 2. The van der Waals surface area contributed by atoms with Crippen molar-refractivity contribution in [2.75, 3.05) is 39.8 Å². The Morgan fingerprint density at radius 2 is 2.05 bits per heavy atom. The molecule has 0 radical (unpaired) electrons. The van der Waals surface area contributed by atoms with Crippen LogP contribution in [-0.2, 0) is 0 Å². The summed E-state index contributed by atoms with van der Waals surface area (Å²) in [6, 6.07) is 9.29. The number of para-hydroxylation sites is 1. The normalized spacial score (nSPS) is 25.3. The van der Waals surface area contributed by atoms with Crippen molar-refractivity contribution in [3.63, 3.8) is 0 Å². The van der Waals surface area contributed by atoms with Gasteiger partial charge in [0.15, 0.2) is 0 Å². The van der Waals surface area contributed by atoms with Gasteiger partial charge in [0.05, 0.1) is 13.2 Å². The first-order chi connectivity index (χ1) is 10.3. The first-order valence-corrected chi connectivity index (χ1v) is 8.14. The molecule has 2 heterocycles. The molecule has 4 nitrogen and oxygen atoms in total. The first-order valence-electron chi connectivity index (χ1n) is 8.14. The first kappa shape index (κ1) is 14.8. The smallest absolute Gasteiger partial charge is 0.123 e. The molecule has 116 valence electrons. The lowest BCUT2D eigenvalue weighted by atomic mass is 10.0. The summed E-state index contributed by atoms with van der Waals surface area (Å²) in [6.45, 7) is 5.44. The van der Waals surface area contributed by atoms with Crippen LogP contribution in [0.2, 0.25) is 0 Å². The van der Waals surface area contributed by atoms with Gasteiger partial charge >= 0.3 is 0 Å². The summed E-state index contributed by atoms with van der Waals surface area (Å²) < 4.78 is 5.54. The summed E-state index contributed by atoms with van der Waals surface area (Å²) in [6.07, 6.45) is 3.92. The van der Waals surface area contributed by atoms with E-state index < -0.39 is 0 Å². The van der Waals surface area contributed by atoms with E-state index in [1.54, 1.807) is 7.11 Å². The van der Waals surface area contributed by atoms with Crippen LogP contribution in [0.15, 0.2) is 24.3 Å². The Kier molecular flexibility index (Phi) is 4.78. The highest BCUT2D eigenvalue weighted by Gasteiger charge is 2.32. The summed E-state index contributed by atoms with van der Waals surface area (Å²) in [7, 11) is 1.74. The van der Waals surface area contributed by atoms with E-state index in [0.29, 0.717) is 6.54 Å². The Morgan fingerprint density at radius 1 is 1.24 bits per heavy atom. The Hall–Kier alpha value is -1.10. The molecular weight excluding hydrogens is 262 g/mol. The Bertz CT molecular complexity index is 465. The van der Waals surface area contributed by atoms with Gasteiger partial charge in [0.1, 0.15) is 5.75 Å². The maximum absolute atomic E-state index is 6.14. The maximum atomic E-state index is 6.14. The fraction of sp³-hybridized carbons (Fsp3) is 0.647. The second kappa shape index (κ2) is 6.77. The summed E-state index contributed by atoms with van der Waals surface area (Å²) in [5.74, 6) is 0.959. The minimum atomic E-state index is 0.265. The van der Waals surface area contributed by atoms with Crippen molar-refractivity contribution in [1.82, 2.24) is 9.80 Å². The molecule has 2 unspecified atom stereocenters. The van der Waals surface area contributed by atoms with Crippen LogP contribution in [0.3, 0.4) is 0 Å². The third kappa shape index (κ3) is 3.07. The van der Waals surface area contributed by atoms with Gasteiger partial charge in [-0.2, -0.15) is 0 Å². The number of benzene rings is 1. The number of rotatable bonds is 4. The number of nitrogens with two attached hydrogens (primary N) is 1. The zero-order valence-electron chi connectivity index (χ0n) is 13.0. The van der Waals surface area contributed by atoms with Gasteiger partial charge in [-0.3, -0.25) is 9.80 Å². The van der Waals surface area contributed by atoms with E-state index in [2.05, 4.69) is 21.9 Å². The van der Waals surface area contributed by atoms with Crippen LogP contribution in [0.25, 0.3) is 0 Å². The van der Waals surface area contributed by atoms with Gasteiger partial charge in [-0.25, -0.2) is 0 Å². The lowest BCUT2D eigenvalue weighted by Gasteiger charge is -2.33. The molecule has 1 aromatic rings. The van der Waals surface area contributed by atoms with Gasteiger partial charge < -0.3 is 10.5 Å². The van der Waals surface area contributed by atoms with Gasteiger partial charge in [0.25, 0.3) is 0 Å². The summed E-state index contributed by atoms with van der Waals surface area (Å²) >= 11 is 0. The fourth-order valence-corrected chi connectivity index (χ4v) is 3.93. The molecule has 0 aliphatic carbocycles. The van der Waals surface area contributed by atoms with Gasteiger partial charge in [0, 0.05) is 31.2 Å². The standard InChI is InChI=1S/C17H27N3O/c1-21-17-8-3-2-7-15(17)16(12-18)20-11-5-10-19-9-4-6-14(19)13-20/h2-3,7-8,14,16H,4-6,9-13,18H2,1H3. The van der Waals surface area contributed by atoms with Gasteiger partial charge in [-0.1, -0.05) is 18.2 Å². The third-order valence-electron chi connectivity index (χ3n) is 5.00. The minimum absolute atomic E-state index is 0.265. The highest BCUT2D eigenvalue weighted by molar-refractivity contribution is 5.36. The minimum Gasteiger partial charge on any atom is -0.496 e. The van der Waals surface area contributed by atoms with E-state index in [1.807, 2.05) is 12.1 Å². The quantitative estimate of drug-likeness (QED) is 0.919. The number of methoxy groups -OCH3 is 1. The predicted molar refractivity (Wildman–Crippen MR) is 85.6 cm³/mol. The van der Waals surface area contributed by atoms with Crippen LogP contribution in [0.1, 0.15) is 30.9 Å². The fourth-order valence-electron chi connectivity index (χ4n) is 3.93. The molecule has 2 N–H and O–H groups in total. The highest BCUT2D eigenvalue weighted by atomic mass is 16.5. The molecule has 2 aliphatic heterocycles. The topological polar surface area (TPSA) is 41.7 Å². The molecule has 2 saturated heterocycles. The Morgan fingerprint density at radius 3 is 2.86 bits per heavy atom. The van der Waals surface area contributed by atoms with Crippen LogP contribution in [-0.4, -0.2) is 55.7 Å². The average Bonchev–Trinajstić information content (AvgIpc) is 2.86. The van der Waals surface area contributed by atoms with Crippen LogP contribution in [0, 0.1) is 0 Å². The number of ether oxygens (including phenoxy) is 1. The number of fused-ring (bicyclic) bond motifs is 1. The molecule has 4 heteroatoms. The molecule has 0 bridgehead atoms. The maximum Gasteiger partial charge on any atom is 0.123 e. The average molecular weight is 289 g/mol. The third-order valence-corrected chi connectivity index (χ3v) is 5.00.